The van der Waals surface area contributed by atoms with Crippen molar-refractivity contribution < 1.29 is 19.4 Å². The smallest absolute Gasteiger partial charge is 0.326 e. The van der Waals surface area contributed by atoms with Gasteiger partial charge in [-0.1, -0.05) is 0 Å². The van der Waals surface area contributed by atoms with Crippen molar-refractivity contribution in [3.8, 4) is 0 Å². The third-order valence-corrected chi connectivity index (χ3v) is 2.78. The minimum atomic E-state index is -1.11. The van der Waals surface area contributed by atoms with Crippen molar-refractivity contribution in [1.82, 2.24) is 19.9 Å². The lowest BCUT2D eigenvalue weighted by Gasteiger charge is -2.13. The molecule has 2 heterocycles. The molecule has 0 aliphatic carbocycles. The van der Waals surface area contributed by atoms with Gasteiger partial charge in [0.1, 0.15) is 6.04 Å². The maximum absolute atomic E-state index is 12.1. The van der Waals surface area contributed by atoms with Gasteiger partial charge in [0.05, 0.1) is 23.5 Å². The number of aliphatic carboxylic acids is 1. The quantitative estimate of drug-likeness (QED) is 0.767. The van der Waals surface area contributed by atoms with Crippen LogP contribution in [0.4, 0.5) is 0 Å². The molecule has 0 bridgehead atoms. The highest BCUT2D eigenvalue weighted by Gasteiger charge is 2.22. The number of carboxylic acids is 1. The lowest BCUT2D eigenvalue weighted by Crippen LogP contribution is -2.41. The van der Waals surface area contributed by atoms with Crippen LogP contribution in [0.25, 0.3) is 5.52 Å². The molecule has 0 spiro atoms. The molecular formula is C12H14N4O4. The van der Waals surface area contributed by atoms with Gasteiger partial charge < -0.3 is 15.2 Å². The summed E-state index contributed by atoms with van der Waals surface area (Å²) in [5, 5.41) is 15.5. The molecular weight excluding hydrogens is 264 g/mol. The highest BCUT2D eigenvalue weighted by atomic mass is 16.5. The van der Waals surface area contributed by atoms with Gasteiger partial charge in [0, 0.05) is 32.5 Å². The molecule has 8 nitrogen and oxygen atoms in total. The Bertz CT molecular complexity index is 625. The zero-order valence-electron chi connectivity index (χ0n) is 10.8. The molecule has 0 fully saturated rings. The fourth-order valence-corrected chi connectivity index (χ4v) is 1.74. The zero-order valence-corrected chi connectivity index (χ0v) is 10.8. The zero-order chi connectivity index (χ0) is 14.5. The lowest BCUT2D eigenvalue weighted by atomic mass is 10.2. The van der Waals surface area contributed by atoms with E-state index in [2.05, 4.69) is 15.4 Å². The number of aromatic nitrogens is 3. The monoisotopic (exact) mass is 278 g/mol. The summed E-state index contributed by atoms with van der Waals surface area (Å²) in [6.07, 6.45) is 6.20. The van der Waals surface area contributed by atoms with Crippen molar-refractivity contribution in [1.29, 1.82) is 0 Å². The van der Waals surface area contributed by atoms with Crippen LogP contribution in [0.2, 0.25) is 0 Å². The standard InChI is InChI=1S/C12H14N4O4/c1-20-5-2-9(12(18)19)15-11(17)8-6-14-16-4-3-13-7-10(8)16/h3-4,6-7,9H,2,5H2,1H3,(H,15,17)(H,18,19). The van der Waals surface area contributed by atoms with Crippen molar-refractivity contribution in [2.45, 2.75) is 12.5 Å². The first-order chi connectivity index (χ1) is 9.63. The first-order valence-electron chi connectivity index (χ1n) is 5.93. The molecule has 0 aliphatic heterocycles. The summed E-state index contributed by atoms with van der Waals surface area (Å²) < 4.78 is 6.32. The maximum atomic E-state index is 12.1. The molecule has 1 amide bonds. The first kappa shape index (κ1) is 13.9. The lowest BCUT2D eigenvalue weighted by molar-refractivity contribution is -0.139. The van der Waals surface area contributed by atoms with Crippen LogP contribution in [0.5, 0.6) is 0 Å². The minimum absolute atomic E-state index is 0.190. The number of carbonyl (C=O) groups excluding carboxylic acids is 1. The molecule has 8 heteroatoms. The third-order valence-electron chi connectivity index (χ3n) is 2.78. The SMILES string of the molecule is COCCC(NC(=O)c1cnn2ccncc12)C(=O)O. The summed E-state index contributed by atoms with van der Waals surface area (Å²) in [6, 6.07) is -1.01. The van der Waals surface area contributed by atoms with E-state index in [1.54, 1.807) is 12.4 Å². The van der Waals surface area contributed by atoms with E-state index < -0.39 is 17.9 Å². The number of methoxy groups -OCH3 is 1. The second-order valence-electron chi connectivity index (χ2n) is 4.11. The van der Waals surface area contributed by atoms with E-state index in [0.29, 0.717) is 5.52 Å². The van der Waals surface area contributed by atoms with Gasteiger partial charge in [0.25, 0.3) is 5.91 Å². The van der Waals surface area contributed by atoms with Gasteiger partial charge in [-0.05, 0) is 0 Å². The van der Waals surface area contributed by atoms with Crippen LogP contribution in [-0.2, 0) is 9.53 Å². The fourth-order valence-electron chi connectivity index (χ4n) is 1.74. The second-order valence-corrected chi connectivity index (χ2v) is 4.11. The van der Waals surface area contributed by atoms with Crippen LogP contribution in [-0.4, -0.2) is 51.3 Å². The summed E-state index contributed by atoms with van der Waals surface area (Å²) in [5.41, 5.74) is 0.794. The number of hydrogen-bond donors (Lipinski definition) is 2. The third kappa shape index (κ3) is 2.91. The van der Waals surface area contributed by atoms with Crippen LogP contribution in [0, 0.1) is 0 Å². The number of carbonyl (C=O) groups is 2. The number of rotatable bonds is 6. The Kier molecular flexibility index (Phi) is 4.26. The summed E-state index contributed by atoms with van der Waals surface area (Å²) in [7, 11) is 1.47. The largest absolute Gasteiger partial charge is 0.480 e. The van der Waals surface area contributed by atoms with Gasteiger partial charge in [0.2, 0.25) is 0 Å². The topological polar surface area (TPSA) is 106 Å². The van der Waals surface area contributed by atoms with Gasteiger partial charge in [-0.3, -0.25) is 9.78 Å². The Labute approximate surface area is 114 Å². The summed E-state index contributed by atoms with van der Waals surface area (Å²) in [4.78, 5) is 27.1. The van der Waals surface area contributed by atoms with Crippen LogP contribution in [0.15, 0.2) is 24.8 Å². The number of hydrogen-bond acceptors (Lipinski definition) is 5. The van der Waals surface area contributed by atoms with Crippen LogP contribution in [0.3, 0.4) is 0 Å². The predicted molar refractivity (Wildman–Crippen MR) is 68.4 cm³/mol. The normalized spacial score (nSPS) is 12.2. The number of nitrogens with one attached hydrogen (secondary N) is 1. The molecule has 1 unspecified atom stereocenters. The Morgan fingerprint density at radius 2 is 2.30 bits per heavy atom. The van der Waals surface area contributed by atoms with Gasteiger partial charge in [-0.15, -0.1) is 0 Å². The van der Waals surface area contributed by atoms with E-state index in [1.165, 1.54) is 24.0 Å². The molecule has 20 heavy (non-hydrogen) atoms. The average molecular weight is 278 g/mol. The Morgan fingerprint density at radius 1 is 1.50 bits per heavy atom. The number of ether oxygens (including phenoxy) is 1. The van der Waals surface area contributed by atoms with Gasteiger partial charge in [-0.25, -0.2) is 9.31 Å². The highest BCUT2D eigenvalue weighted by Crippen LogP contribution is 2.09. The number of carboxylic acid groups (broad SMARTS) is 1. The van der Waals surface area contributed by atoms with E-state index in [1.807, 2.05) is 0 Å². The molecule has 2 aromatic heterocycles. The molecule has 2 rings (SSSR count). The van der Waals surface area contributed by atoms with Crippen molar-refractivity contribution in [3.05, 3.63) is 30.4 Å². The molecule has 2 N–H and O–H groups in total. The summed E-state index contributed by atoms with van der Waals surface area (Å²) >= 11 is 0. The molecule has 2 aromatic rings. The molecule has 0 saturated heterocycles. The molecule has 0 saturated carbocycles. The molecule has 106 valence electrons. The van der Waals surface area contributed by atoms with Gasteiger partial charge >= 0.3 is 5.97 Å². The van der Waals surface area contributed by atoms with Crippen molar-refractivity contribution in [3.63, 3.8) is 0 Å². The van der Waals surface area contributed by atoms with Crippen LogP contribution in [0.1, 0.15) is 16.8 Å². The minimum Gasteiger partial charge on any atom is -0.480 e. The van der Waals surface area contributed by atoms with E-state index in [4.69, 9.17) is 9.84 Å². The van der Waals surface area contributed by atoms with Crippen molar-refractivity contribution in [2.75, 3.05) is 13.7 Å². The summed E-state index contributed by atoms with van der Waals surface area (Å²) in [6.45, 7) is 0.244. The number of fused-ring (bicyclic) bond motifs is 1. The maximum Gasteiger partial charge on any atom is 0.326 e. The number of amides is 1. The van der Waals surface area contributed by atoms with E-state index in [9.17, 15) is 9.59 Å². The van der Waals surface area contributed by atoms with Crippen LogP contribution < -0.4 is 5.32 Å². The fraction of sp³-hybridized carbons (Fsp3) is 0.333. The molecule has 0 aliphatic rings. The predicted octanol–water partition coefficient (Wildman–Crippen LogP) is -0.0512. The van der Waals surface area contributed by atoms with Crippen LogP contribution >= 0.6 is 0 Å². The highest BCUT2D eigenvalue weighted by molar-refractivity contribution is 6.01. The second kappa shape index (κ2) is 6.11. The van der Waals surface area contributed by atoms with E-state index in [-0.39, 0.29) is 18.6 Å². The average Bonchev–Trinajstić information content (AvgIpc) is 2.87. The first-order valence-corrected chi connectivity index (χ1v) is 5.93. The van der Waals surface area contributed by atoms with Gasteiger partial charge in [0.15, 0.2) is 0 Å². The van der Waals surface area contributed by atoms with Gasteiger partial charge in [-0.2, -0.15) is 5.10 Å². The Morgan fingerprint density at radius 3 is 3.00 bits per heavy atom. The molecule has 1 atom stereocenters. The Balaban J connectivity index is 2.16. The number of nitrogens with zero attached hydrogens (tertiary/aromatic N) is 3. The van der Waals surface area contributed by atoms with Crippen molar-refractivity contribution >= 4 is 17.4 Å². The molecule has 0 aromatic carbocycles. The van der Waals surface area contributed by atoms with E-state index in [0.717, 1.165) is 0 Å². The molecule has 0 radical (unpaired) electrons. The van der Waals surface area contributed by atoms with Crippen molar-refractivity contribution in [2.24, 2.45) is 0 Å². The van der Waals surface area contributed by atoms with E-state index >= 15 is 0 Å². The summed E-state index contributed by atoms with van der Waals surface area (Å²) in [5.74, 6) is -1.61. The Hall–Kier alpha value is -2.48.